The molecule has 0 heterocycles. The summed E-state index contributed by atoms with van der Waals surface area (Å²) in [4.78, 5) is 11.1. The Bertz CT molecular complexity index is 269. The maximum atomic E-state index is 11.1. The number of carboxylic acids is 1. The van der Waals surface area contributed by atoms with E-state index in [1.54, 1.807) is 0 Å². The molecule has 0 saturated carbocycles. The van der Waals surface area contributed by atoms with Crippen molar-refractivity contribution in [1.29, 1.82) is 0 Å². The summed E-state index contributed by atoms with van der Waals surface area (Å²) >= 11 is 0. The average molecular weight is 274 g/mol. The fourth-order valence-corrected chi connectivity index (χ4v) is 3.10. The molecule has 4 heteroatoms. The van der Waals surface area contributed by atoms with E-state index in [4.69, 9.17) is 9.53 Å². The number of carbonyl (C=O) groups is 1. The lowest BCUT2D eigenvalue weighted by molar-refractivity contribution is -0.142. The van der Waals surface area contributed by atoms with Crippen molar-refractivity contribution in [3.63, 3.8) is 0 Å². The standard InChI is InChI=1S/C14H30O3Si/c1-8-11(13(15)16)10-12(9-2)17-18(6,7)14(3,4)5/h11-12H,8-10H2,1-7H3,(H,15,16)/t11-,12-/m1/s1. The van der Waals surface area contributed by atoms with Crippen LogP contribution in [0, 0.1) is 5.92 Å². The highest BCUT2D eigenvalue weighted by atomic mass is 28.4. The molecular weight excluding hydrogens is 244 g/mol. The Morgan fingerprint density at radius 2 is 1.72 bits per heavy atom. The second kappa shape index (κ2) is 6.71. The molecule has 0 aliphatic heterocycles. The molecule has 0 rings (SSSR count). The molecular formula is C14H30O3Si. The van der Waals surface area contributed by atoms with Gasteiger partial charge in [0.05, 0.1) is 5.92 Å². The van der Waals surface area contributed by atoms with Crippen LogP contribution in [0.3, 0.4) is 0 Å². The summed E-state index contributed by atoms with van der Waals surface area (Å²) in [6.07, 6.45) is 2.27. The first-order valence-corrected chi connectivity index (χ1v) is 9.86. The van der Waals surface area contributed by atoms with Crippen LogP contribution in [0.4, 0.5) is 0 Å². The van der Waals surface area contributed by atoms with Crippen LogP contribution >= 0.6 is 0 Å². The van der Waals surface area contributed by atoms with Crippen LogP contribution in [0.15, 0.2) is 0 Å². The van der Waals surface area contributed by atoms with Gasteiger partial charge in [0.25, 0.3) is 0 Å². The van der Waals surface area contributed by atoms with E-state index in [0.717, 1.165) is 6.42 Å². The monoisotopic (exact) mass is 274 g/mol. The van der Waals surface area contributed by atoms with Gasteiger partial charge >= 0.3 is 5.97 Å². The van der Waals surface area contributed by atoms with Gasteiger partial charge in [-0.3, -0.25) is 4.79 Å². The van der Waals surface area contributed by atoms with Crippen LogP contribution in [0.2, 0.25) is 18.1 Å². The molecule has 0 radical (unpaired) electrons. The maximum absolute atomic E-state index is 11.1. The van der Waals surface area contributed by atoms with Gasteiger partial charge in [0.2, 0.25) is 0 Å². The van der Waals surface area contributed by atoms with E-state index < -0.39 is 14.3 Å². The Balaban J connectivity index is 4.67. The number of rotatable bonds is 7. The Hall–Kier alpha value is -0.353. The van der Waals surface area contributed by atoms with Gasteiger partial charge < -0.3 is 9.53 Å². The molecule has 2 atom stereocenters. The minimum absolute atomic E-state index is 0.0759. The zero-order valence-electron chi connectivity index (χ0n) is 13.0. The molecule has 3 nitrogen and oxygen atoms in total. The van der Waals surface area contributed by atoms with Crippen LogP contribution in [0.25, 0.3) is 0 Å². The first-order chi connectivity index (χ1) is 8.05. The minimum Gasteiger partial charge on any atom is -0.481 e. The number of hydrogen-bond donors (Lipinski definition) is 1. The van der Waals surface area contributed by atoms with E-state index in [1.807, 2.05) is 6.92 Å². The highest BCUT2D eigenvalue weighted by molar-refractivity contribution is 6.74. The van der Waals surface area contributed by atoms with Crippen molar-refractivity contribution in [3.8, 4) is 0 Å². The van der Waals surface area contributed by atoms with Gasteiger partial charge in [0, 0.05) is 6.10 Å². The lowest BCUT2D eigenvalue weighted by Crippen LogP contribution is -2.44. The van der Waals surface area contributed by atoms with Crippen LogP contribution < -0.4 is 0 Å². The highest BCUT2D eigenvalue weighted by Crippen LogP contribution is 2.38. The largest absolute Gasteiger partial charge is 0.481 e. The lowest BCUT2D eigenvalue weighted by Gasteiger charge is -2.39. The van der Waals surface area contributed by atoms with E-state index >= 15 is 0 Å². The van der Waals surface area contributed by atoms with Crippen molar-refractivity contribution in [2.75, 3.05) is 0 Å². The summed E-state index contributed by atoms with van der Waals surface area (Å²) in [5.74, 6) is -0.977. The van der Waals surface area contributed by atoms with Gasteiger partial charge in [0.15, 0.2) is 8.32 Å². The second-order valence-electron chi connectivity index (χ2n) is 6.59. The summed E-state index contributed by atoms with van der Waals surface area (Å²) < 4.78 is 6.31. The molecule has 0 bridgehead atoms. The van der Waals surface area contributed by atoms with E-state index in [0.29, 0.717) is 12.8 Å². The molecule has 0 aromatic carbocycles. The van der Waals surface area contributed by atoms with Crippen molar-refractivity contribution in [1.82, 2.24) is 0 Å². The average Bonchev–Trinajstić information content (AvgIpc) is 2.21. The molecule has 108 valence electrons. The van der Waals surface area contributed by atoms with Crippen molar-refractivity contribution in [3.05, 3.63) is 0 Å². The first kappa shape index (κ1) is 17.6. The van der Waals surface area contributed by atoms with Gasteiger partial charge in [-0.05, 0) is 37.4 Å². The lowest BCUT2D eigenvalue weighted by atomic mass is 9.98. The summed E-state index contributed by atoms with van der Waals surface area (Å²) in [5, 5.41) is 9.30. The summed E-state index contributed by atoms with van der Waals surface area (Å²) in [7, 11) is -1.80. The Kier molecular flexibility index (Phi) is 6.58. The van der Waals surface area contributed by atoms with Crippen LogP contribution in [-0.4, -0.2) is 25.5 Å². The van der Waals surface area contributed by atoms with E-state index in [9.17, 15) is 4.79 Å². The molecule has 0 unspecified atom stereocenters. The summed E-state index contributed by atoms with van der Waals surface area (Å²) in [6.45, 7) is 15.1. The third kappa shape index (κ3) is 5.10. The molecule has 0 amide bonds. The predicted molar refractivity (Wildman–Crippen MR) is 78.4 cm³/mol. The molecule has 0 saturated heterocycles. The van der Waals surface area contributed by atoms with Crippen molar-refractivity contribution >= 4 is 14.3 Å². The van der Waals surface area contributed by atoms with Gasteiger partial charge in [-0.1, -0.05) is 34.6 Å². The van der Waals surface area contributed by atoms with Crippen LogP contribution in [-0.2, 0) is 9.22 Å². The minimum atomic E-state index is -1.80. The smallest absolute Gasteiger partial charge is 0.306 e. The zero-order valence-corrected chi connectivity index (χ0v) is 14.0. The third-order valence-electron chi connectivity index (χ3n) is 4.11. The Morgan fingerprint density at radius 1 is 1.22 bits per heavy atom. The number of aliphatic carboxylic acids is 1. The number of hydrogen-bond acceptors (Lipinski definition) is 2. The Morgan fingerprint density at radius 3 is 2.00 bits per heavy atom. The maximum Gasteiger partial charge on any atom is 0.306 e. The van der Waals surface area contributed by atoms with Crippen LogP contribution in [0.1, 0.15) is 53.9 Å². The van der Waals surface area contributed by atoms with Crippen molar-refractivity contribution in [2.45, 2.75) is 78.1 Å². The fraction of sp³-hybridized carbons (Fsp3) is 0.929. The van der Waals surface area contributed by atoms with Gasteiger partial charge in [-0.15, -0.1) is 0 Å². The van der Waals surface area contributed by atoms with E-state index in [1.165, 1.54) is 0 Å². The summed E-state index contributed by atoms with van der Waals surface area (Å²) in [5.41, 5.74) is 0. The zero-order chi connectivity index (χ0) is 14.6. The van der Waals surface area contributed by atoms with Gasteiger partial charge in [-0.2, -0.15) is 0 Å². The normalized spacial score (nSPS) is 16.4. The van der Waals surface area contributed by atoms with Crippen LogP contribution in [0.5, 0.6) is 0 Å². The topological polar surface area (TPSA) is 46.5 Å². The number of carboxylic acid groups (broad SMARTS) is 1. The highest BCUT2D eigenvalue weighted by Gasteiger charge is 2.39. The van der Waals surface area contributed by atoms with E-state index in [2.05, 4.69) is 40.8 Å². The van der Waals surface area contributed by atoms with Gasteiger partial charge in [-0.25, -0.2) is 0 Å². The molecule has 0 aliphatic carbocycles. The summed E-state index contributed by atoms with van der Waals surface area (Å²) in [6, 6.07) is 0. The fourth-order valence-electron chi connectivity index (χ4n) is 1.65. The molecule has 0 aromatic heterocycles. The Labute approximate surface area is 113 Å². The molecule has 18 heavy (non-hydrogen) atoms. The molecule has 1 N–H and O–H groups in total. The predicted octanol–water partition coefficient (Wildman–Crippen LogP) is 4.29. The first-order valence-electron chi connectivity index (χ1n) is 6.95. The quantitative estimate of drug-likeness (QED) is 0.705. The molecule has 0 spiro atoms. The SMILES string of the molecule is CC[C@H](C[C@@H](CC)C(=O)O)O[Si](C)(C)C(C)(C)C. The second-order valence-corrected chi connectivity index (χ2v) is 11.3. The molecule has 0 fully saturated rings. The molecule has 0 aliphatic rings. The van der Waals surface area contributed by atoms with Crippen molar-refractivity contribution < 1.29 is 14.3 Å². The molecule has 0 aromatic rings. The van der Waals surface area contributed by atoms with E-state index in [-0.39, 0.29) is 17.1 Å². The third-order valence-corrected chi connectivity index (χ3v) is 8.65. The van der Waals surface area contributed by atoms with Crippen molar-refractivity contribution in [2.24, 2.45) is 5.92 Å². The van der Waals surface area contributed by atoms with Gasteiger partial charge in [0.1, 0.15) is 0 Å².